The van der Waals surface area contributed by atoms with Gasteiger partial charge in [0.2, 0.25) is 0 Å². The first-order valence-corrected chi connectivity index (χ1v) is 2.75. The molecule has 0 spiro atoms. The van der Waals surface area contributed by atoms with E-state index < -0.39 is 16.6 Å². The Bertz CT molecular complexity index is 173. The summed E-state index contributed by atoms with van der Waals surface area (Å²) in [5.74, 6) is 0. The molecule has 8 N–H and O–H groups in total. The van der Waals surface area contributed by atoms with Gasteiger partial charge in [-0.1, -0.05) is 0 Å². The summed E-state index contributed by atoms with van der Waals surface area (Å²) in [6, 6.07) is 0. The SMILES string of the molecule is O.O.O=C(O)O.O=S(=O)(O)O.[AlH3].[CaH2].[LiH].[NaH]. The van der Waals surface area contributed by atoms with Crippen LogP contribution in [0.4, 0.5) is 4.79 Å². The zero-order chi connectivity index (χ0) is 8.08. The molecular formula is CH15AlCaLiNaO9S. The van der Waals surface area contributed by atoms with Gasteiger partial charge in [-0.05, 0) is 0 Å². The van der Waals surface area contributed by atoms with Crippen LogP contribution in [0, 0.1) is 0 Å². The molecule has 0 fully saturated rings. The average molecular weight is 300 g/mol. The Hall–Kier alpha value is 2.45. The Morgan fingerprint density at radius 2 is 1.00 bits per heavy atom. The molecule has 0 aliphatic rings. The van der Waals surface area contributed by atoms with E-state index in [-0.39, 0.29) is 114 Å². The van der Waals surface area contributed by atoms with Crippen LogP contribution in [0.1, 0.15) is 0 Å². The van der Waals surface area contributed by atoms with Gasteiger partial charge in [-0.3, -0.25) is 9.11 Å². The summed E-state index contributed by atoms with van der Waals surface area (Å²) in [6.07, 6.45) is -1.83. The molecule has 0 rings (SSSR count). The number of carbonyl (C=O) groups is 1. The van der Waals surface area contributed by atoms with E-state index in [4.69, 9.17) is 32.5 Å². The van der Waals surface area contributed by atoms with Gasteiger partial charge >= 0.3 is 103 Å². The van der Waals surface area contributed by atoms with Gasteiger partial charge in [0.1, 0.15) is 0 Å². The van der Waals surface area contributed by atoms with Gasteiger partial charge in [-0.15, -0.1) is 0 Å². The first-order chi connectivity index (χ1) is 3.73. The fourth-order valence-corrected chi connectivity index (χ4v) is 0. The second-order valence-corrected chi connectivity index (χ2v) is 1.63. The molecule has 0 unspecified atom stereocenters. The summed E-state index contributed by atoms with van der Waals surface area (Å²) in [5.41, 5.74) is 0. The molecule has 15 heavy (non-hydrogen) atoms. The van der Waals surface area contributed by atoms with Gasteiger partial charge in [-0.2, -0.15) is 8.42 Å². The molecule has 0 amide bonds. The normalized spacial score (nSPS) is 5.47. The van der Waals surface area contributed by atoms with Crippen LogP contribution >= 0.6 is 0 Å². The Morgan fingerprint density at radius 3 is 1.00 bits per heavy atom. The molecule has 0 aliphatic heterocycles. The number of hydrogen-bond acceptors (Lipinski definition) is 3. The summed E-state index contributed by atoms with van der Waals surface area (Å²) < 4.78 is 31.6. The second-order valence-electron chi connectivity index (χ2n) is 0.730. The molecule has 0 atom stereocenters. The van der Waals surface area contributed by atoms with E-state index >= 15 is 0 Å². The fourth-order valence-electron chi connectivity index (χ4n) is 0. The van der Waals surface area contributed by atoms with Crippen molar-refractivity contribution in [2.24, 2.45) is 0 Å². The number of carboxylic acid groups (broad SMARTS) is 2. The second kappa shape index (κ2) is 30.0. The first-order valence-electron chi connectivity index (χ1n) is 1.35. The van der Waals surface area contributed by atoms with Crippen molar-refractivity contribution in [1.29, 1.82) is 0 Å². The van der Waals surface area contributed by atoms with Crippen molar-refractivity contribution in [3.05, 3.63) is 0 Å². The predicted octanol–water partition coefficient (Wildman–Crippen LogP) is -5.48. The van der Waals surface area contributed by atoms with Crippen LogP contribution in [-0.4, -0.2) is 148 Å². The number of hydrogen-bond donors (Lipinski definition) is 4. The molecule has 0 heterocycles. The summed E-state index contributed by atoms with van der Waals surface area (Å²) in [5, 5.41) is 13.9. The summed E-state index contributed by atoms with van der Waals surface area (Å²) >= 11 is 0. The van der Waals surface area contributed by atoms with Gasteiger partial charge in [0.25, 0.3) is 0 Å². The van der Waals surface area contributed by atoms with Crippen LogP contribution in [0.25, 0.3) is 0 Å². The Kier molecular flexibility index (Phi) is 106. The Morgan fingerprint density at radius 1 is 1.00 bits per heavy atom. The van der Waals surface area contributed by atoms with E-state index in [9.17, 15) is 0 Å². The monoisotopic (exact) mass is 300 g/mol. The van der Waals surface area contributed by atoms with Crippen molar-refractivity contribution in [2.75, 3.05) is 0 Å². The molecule has 0 bridgehead atoms. The van der Waals surface area contributed by atoms with Crippen molar-refractivity contribution >= 4 is 120 Å². The standard InChI is InChI=1S/CH2O3.Al.Ca.Li.Na.H2O4S.2H2O.7H/c2-1(3)4;;;;;1-5(2,3)4;;;;;;;;;/h(H2,2,3,4);;;;;(H2,1,2,3,4);2*1H2;;;;;;;. The first kappa shape index (κ1) is 52.9. The molecule has 14 heteroatoms. The molecule has 0 aromatic heterocycles. The molecule has 9 nitrogen and oxygen atoms in total. The molecule has 0 saturated heterocycles. The summed E-state index contributed by atoms with van der Waals surface area (Å²) in [7, 11) is -4.67. The van der Waals surface area contributed by atoms with Crippen molar-refractivity contribution < 1.29 is 43.5 Å². The summed E-state index contributed by atoms with van der Waals surface area (Å²) in [4.78, 5) is 8.56. The Balaban J connectivity index is -0.00000000785. The Labute approximate surface area is 161 Å². The van der Waals surface area contributed by atoms with Crippen LogP contribution in [0.2, 0.25) is 0 Å². The van der Waals surface area contributed by atoms with Crippen molar-refractivity contribution in [2.45, 2.75) is 0 Å². The topological polar surface area (TPSA) is 195 Å². The minimum absolute atomic E-state index is 0. The van der Waals surface area contributed by atoms with Crippen LogP contribution in [0.15, 0.2) is 0 Å². The van der Waals surface area contributed by atoms with Crippen LogP contribution < -0.4 is 0 Å². The van der Waals surface area contributed by atoms with Gasteiger partial charge < -0.3 is 21.2 Å². The van der Waals surface area contributed by atoms with Gasteiger partial charge in [0.15, 0.2) is 17.4 Å². The summed E-state index contributed by atoms with van der Waals surface area (Å²) in [6.45, 7) is 0. The molecule has 86 valence electrons. The van der Waals surface area contributed by atoms with Gasteiger partial charge in [0.05, 0.1) is 0 Å². The maximum absolute atomic E-state index is 8.74. The third-order valence-electron chi connectivity index (χ3n) is 0. The van der Waals surface area contributed by atoms with Crippen molar-refractivity contribution in [3.8, 4) is 0 Å². The maximum atomic E-state index is 8.74. The molecular weight excluding hydrogens is 285 g/mol. The van der Waals surface area contributed by atoms with Crippen LogP contribution in [0.3, 0.4) is 0 Å². The van der Waals surface area contributed by atoms with Crippen LogP contribution in [-0.2, 0) is 10.4 Å². The molecule has 0 saturated carbocycles. The average Bonchev–Trinajstić information content (AvgIpc) is 1.19. The zero-order valence-corrected chi connectivity index (χ0v) is 5.74. The van der Waals surface area contributed by atoms with Crippen LogP contribution in [0.5, 0.6) is 0 Å². The fraction of sp³-hybridized carbons (Fsp3) is 0. The quantitative estimate of drug-likeness (QED) is 0.253. The van der Waals surface area contributed by atoms with E-state index in [0.29, 0.717) is 0 Å². The molecule has 0 radical (unpaired) electrons. The van der Waals surface area contributed by atoms with E-state index in [0.717, 1.165) is 0 Å². The van der Waals surface area contributed by atoms with E-state index in [2.05, 4.69) is 0 Å². The van der Waals surface area contributed by atoms with Crippen molar-refractivity contribution in [1.82, 2.24) is 0 Å². The molecule has 0 aromatic carbocycles. The zero-order valence-electron chi connectivity index (χ0n) is 4.92. The van der Waals surface area contributed by atoms with E-state index in [1.54, 1.807) is 0 Å². The van der Waals surface area contributed by atoms with E-state index in [1.165, 1.54) is 0 Å². The predicted molar refractivity (Wildman–Crippen MR) is 64.8 cm³/mol. The van der Waals surface area contributed by atoms with E-state index in [1.807, 2.05) is 0 Å². The van der Waals surface area contributed by atoms with Crippen molar-refractivity contribution in [3.63, 3.8) is 0 Å². The number of rotatable bonds is 0. The van der Waals surface area contributed by atoms with Gasteiger partial charge in [0, 0.05) is 0 Å². The third-order valence-corrected chi connectivity index (χ3v) is 0. The molecule has 0 aliphatic carbocycles. The third kappa shape index (κ3) is 572. The minimum atomic E-state index is -4.67. The van der Waals surface area contributed by atoms with Gasteiger partial charge in [-0.25, -0.2) is 4.79 Å². The molecule has 0 aromatic rings.